The highest BCUT2D eigenvalue weighted by molar-refractivity contribution is 5.81. The van der Waals surface area contributed by atoms with E-state index in [9.17, 15) is 4.79 Å². The van der Waals surface area contributed by atoms with Crippen LogP contribution in [0.25, 0.3) is 0 Å². The van der Waals surface area contributed by atoms with E-state index in [2.05, 4.69) is 29.6 Å². The van der Waals surface area contributed by atoms with Crippen LogP contribution < -0.4 is 10.1 Å². The first-order chi connectivity index (χ1) is 12.4. The molecule has 0 heterocycles. The third kappa shape index (κ3) is 4.27. The fourth-order valence-electron chi connectivity index (χ4n) is 3.61. The van der Waals surface area contributed by atoms with Gasteiger partial charge in [0.25, 0.3) is 5.91 Å². The second kappa shape index (κ2) is 7.94. The molecule has 1 amide bonds. The Hall–Kier alpha value is -2.29. The molecule has 0 saturated heterocycles. The largest absolute Gasteiger partial charge is 0.481 e. The molecule has 2 aromatic rings. The van der Waals surface area contributed by atoms with Crippen LogP contribution in [0.3, 0.4) is 0 Å². The van der Waals surface area contributed by atoms with E-state index >= 15 is 0 Å². The van der Waals surface area contributed by atoms with Crippen LogP contribution in [0.1, 0.15) is 60.5 Å². The Labute approximate surface area is 156 Å². The summed E-state index contributed by atoms with van der Waals surface area (Å²) < 4.78 is 5.88. The van der Waals surface area contributed by atoms with Gasteiger partial charge < -0.3 is 10.1 Å². The number of amides is 1. The molecule has 2 aromatic carbocycles. The predicted molar refractivity (Wildman–Crippen MR) is 106 cm³/mol. The molecule has 3 rings (SSSR count). The van der Waals surface area contributed by atoms with E-state index in [-0.39, 0.29) is 11.9 Å². The minimum absolute atomic E-state index is 0.0279. The van der Waals surface area contributed by atoms with Crippen LogP contribution in [0.2, 0.25) is 0 Å². The lowest BCUT2D eigenvalue weighted by molar-refractivity contribution is -0.127. The molecule has 0 spiro atoms. The number of aryl methyl sites for hydroxylation is 4. The number of nitrogens with one attached hydrogen (secondary N) is 1. The third-order valence-electron chi connectivity index (χ3n) is 5.23. The van der Waals surface area contributed by atoms with E-state index in [1.807, 2.05) is 32.9 Å². The van der Waals surface area contributed by atoms with Gasteiger partial charge in [-0.05, 0) is 81.7 Å². The number of carbonyl (C=O) groups is 1. The number of ether oxygens (including phenoxy) is 1. The molecule has 0 aromatic heterocycles. The summed E-state index contributed by atoms with van der Waals surface area (Å²) in [4.78, 5) is 12.6. The molecule has 3 heteroatoms. The minimum atomic E-state index is -0.531. The van der Waals surface area contributed by atoms with Gasteiger partial charge in [-0.15, -0.1) is 0 Å². The first-order valence-corrected chi connectivity index (χ1v) is 9.60. The van der Waals surface area contributed by atoms with Crippen molar-refractivity contribution in [2.45, 2.75) is 65.5 Å². The smallest absolute Gasteiger partial charge is 0.261 e. The van der Waals surface area contributed by atoms with Crippen LogP contribution >= 0.6 is 0 Å². The van der Waals surface area contributed by atoms with Crippen LogP contribution in [0.5, 0.6) is 5.75 Å². The van der Waals surface area contributed by atoms with Crippen molar-refractivity contribution in [2.24, 2.45) is 0 Å². The summed E-state index contributed by atoms with van der Waals surface area (Å²) >= 11 is 0. The molecule has 2 atom stereocenters. The van der Waals surface area contributed by atoms with Gasteiger partial charge in [-0.3, -0.25) is 4.79 Å². The zero-order valence-electron chi connectivity index (χ0n) is 16.3. The molecule has 0 saturated carbocycles. The van der Waals surface area contributed by atoms with Gasteiger partial charge in [0.15, 0.2) is 6.10 Å². The maximum atomic E-state index is 12.6. The Balaban J connectivity index is 1.63. The average Bonchev–Trinajstić information content (AvgIpc) is 2.63. The Morgan fingerprint density at radius 3 is 2.46 bits per heavy atom. The Bertz CT molecular complexity index is 797. The number of hydrogen-bond donors (Lipinski definition) is 1. The van der Waals surface area contributed by atoms with E-state index in [1.54, 1.807) is 6.92 Å². The summed E-state index contributed by atoms with van der Waals surface area (Å²) in [5.74, 6) is 0.676. The summed E-state index contributed by atoms with van der Waals surface area (Å²) in [7, 11) is 0. The van der Waals surface area contributed by atoms with Gasteiger partial charge in [-0.2, -0.15) is 0 Å². The lowest BCUT2D eigenvalue weighted by Gasteiger charge is -2.22. The highest BCUT2D eigenvalue weighted by Gasteiger charge is 2.19. The Morgan fingerprint density at radius 2 is 1.73 bits per heavy atom. The number of carbonyl (C=O) groups excluding carboxylic acids is 1. The van der Waals surface area contributed by atoms with Crippen molar-refractivity contribution in [1.82, 2.24) is 5.32 Å². The second-order valence-corrected chi connectivity index (χ2v) is 7.49. The van der Waals surface area contributed by atoms with Gasteiger partial charge in [0.2, 0.25) is 0 Å². The second-order valence-electron chi connectivity index (χ2n) is 7.49. The summed E-state index contributed by atoms with van der Waals surface area (Å²) in [6, 6.07) is 12.6. The molecule has 138 valence electrons. The molecule has 0 fully saturated rings. The van der Waals surface area contributed by atoms with Crippen molar-refractivity contribution in [2.75, 3.05) is 0 Å². The molecule has 0 aliphatic heterocycles. The van der Waals surface area contributed by atoms with Crippen molar-refractivity contribution in [3.05, 3.63) is 64.2 Å². The fraction of sp³-hybridized carbons (Fsp3) is 0.435. The zero-order valence-corrected chi connectivity index (χ0v) is 16.3. The third-order valence-corrected chi connectivity index (χ3v) is 5.23. The van der Waals surface area contributed by atoms with Gasteiger partial charge in [0.05, 0.1) is 6.04 Å². The zero-order chi connectivity index (χ0) is 18.7. The van der Waals surface area contributed by atoms with E-state index in [4.69, 9.17) is 4.74 Å². The molecule has 1 aliphatic carbocycles. The summed E-state index contributed by atoms with van der Waals surface area (Å²) in [5, 5.41) is 3.09. The highest BCUT2D eigenvalue weighted by atomic mass is 16.5. The first-order valence-electron chi connectivity index (χ1n) is 9.60. The lowest BCUT2D eigenvalue weighted by atomic mass is 9.89. The van der Waals surface area contributed by atoms with Gasteiger partial charge >= 0.3 is 0 Å². The van der Waals surface area contributed by atoms with Crippen LogP contribution in [0.15, 0.2) is 36.4 Å². The van der Waals surface area contributed by atoms with Crippen molar-refractivity contribution < 1.29 is 9.53 Å². The molecule has 3 nitrogen and oxygen atoms in total. The monoisotopic (exact) mass is 351 g/mol. The van der Waals surface area contributed by atoms with Crippen molar-refractivity contribution in [3.8, 4) is 5.75 Å². The summed E-state index contributed by atoms with van der Waals surface area (Å²) in [6.07, 6.45) is 4.34. The SMILES string of the molecule is Cc1ccc(O[C@H](C)C(=O)N[C@@H](C)c2ccc3c(c2)CCCC3)c(C)c1. The Kier molecular flexibility index (Phi) is 5.65. The maximum Gasteiger partial charge on any atom is 0.261 e. The van der Waals surface area contributed by atoms with E-state index in [0.29, 0.717) is 0 Å². The highest BCUT2D eigenvalue weighted by Crippen LogP contribution is 2.25. The normalized spacial score (nSPS) is 15.7. The summed E-state index contributed by atoms with van der Waals surface area (Å²) in [5.41, 5.74) is 6.30. The maximum absolute atomic E-state index is 12.6. The molecule has 0 bridgehead atoms. The molecule has 26 heavy (non-hydrogen) atoms. The van der Waals surface area contributed by atoms with E-state index < -0.39 is 6.10 Å². The number of hydrogen-bond acceptors (Lipinski definition) is 2. The predicted octanol–water partition coefficient (Wildman–Crippen LogP) is 4.83. The first kappa shape index (κ1) is 18.5. The quantitative estimate of drug-likeness (QED) is 0.838. The standard InChI is InChI=1S/C23H29NO2/c1-15-9-12-22(16(2)13-15)26-18(4)23(25)24-17(3)20-11-10-19-7-5-6-8-21(19)14-20/h9-14,17-18H,5-8H2,1-4H3,(H,24,25)/t17-,18+/m0/s1. The van der Waals surface area contributed by atoms with Gasteiger partial charge in [-0.25, -0.2) is 0 Å². The molecular formula is C23H29NO2. The van der Waals surface area contributed by atoms with E-state index in [1.165, 1.54) is 36.0 Å². The topological polar surface area (TPSA) is 38.3 Å². The molecule has 0 radical (unpaired) electrons. The minimum Gasteiger partial charge on any atom is -0.481 e. The van der Waals surface area contributed by atoms with Crippen molar-refractivity contribution in [3.63, 3.8) is 0 Å². The number of rotatable bonds is 5. The van der Waals surface area contributed by atoms with Crippen LogP contribution in [-0.4, -0.2) is 12.0 Å². The van der Waals surface area contributed by atoms with Crippen molar-refractivity contribution in [1.29, 1.82) is 0 Å². The number of fused-ring (bicyclic) bond motifs is 1. The molecule has 1 N–H and O–H groups in total. The molecule has 0 unspecified atom stereocenters. The van der Waals surface area contributed by atoms with Crippen LogP contribution in [-0.2, 0) is 17.6 Å². The Morgan fingerprint density at radius 1 is 1.00 bits per heavy atom. The molecular weight excluding hydrogens is 322 g/mol. The lowest BCUT2D eigenvalue weighted by Crippen LogP contribution is -2.37. The summed E-state index contributed by atoms with van der Waals surface area (Å²) in [6.45, 7) is 7.89. The molecule has 1 aliphatic rings. The fourth-order valence-corrected chi connectivity index (χ4v) is 3.61. The van der Waals surface area contributed by atoms with Gasteiger partial charge in [-0.1, -0.05) is 35.9 Å². The van der Waals surface area contributed by atoms with Crippen LogP contribution in [0, 0.1) is 13.8 Å². The van der Waals surface area contributed by atoms with E-state index in [0.717, 1.165) is 23.3 Å². The number of benzene rings is 2. The van der Waals surface area contributed by atoms with Gasteiger partial charge in [0.1, 0.15) is 5.75 Å². The van der Waals surface area contributed by atoms with Gasteiger partial charge in [0, 0.05) is 0 Å². The van der Waals surface area contributed by atoms with Crippen LogP contribution in [0.4, 0.5) is 0 Å². The average molecular weight is 351 g/mol. The van der Waals surface area contributed by atoms with Crippen molar-refractivity contribution >= 4 is 5.91 Å².